The van der Waals surface area contributed by atoms with Crippen LogP contribution in [0.2, 0.25) is 0 Å². The number of halogens is 1. The third kappa shape index (κ3) is 2.02. The SMILES string of the molecule is CCc1cc(C(=O)O)nc2cc(I)ccc12. The summed E-state index contributed by atoms with van der Waals surface area (Å²) in [5, 5.41) is 10.0. The summed E-state index contributed by atoms with van der Waals surface area (Å²) in [6, 6.07) is 7.55. The first-order valence-electron chi connectivity index (χ1n) is 4.94. The van der Waals surface area contributed by atoms with Crippen molar-refractivity contribution in [2.75, 3.05) is 0 Å². The molecule has 1 heterocycles. The topological polar surface area (TPSA) is 50.2 Å². The number of benzene rings is 1. The minimum atomic E-state index is -0.976. The molecule has 0 amide bonds. The fourth-order valence-electron chi connectivity index (χ4n) is 1.68. The van der Waals surface area contributed by atoms with Gasteiger partial charge in [0.25, 0.3) is 0 Å². The maximum atomic E-state index is 10.9. The lowest BCUT2D eigenvalue weighted by Gasteiger charge is -2.06. The summed E-state index contributed by atoms with van der Waals surface area (Å²) in [5.74, 6) is -0.976. The minimum absolute atomic E-state index is 0.117. The molecule has 0 spiro atoms. The van der Waals surface area contributed by atoms with Crippen molar-refractivity contribution in [2.45, 2.75) is 13.3 Å². The first kappa shape index (κ1) is 11.3. The number of carboxylic acid groups (broad SMARTS) is 1. The molecule has 4 heteroatoms. The predicted molar refractivity (Wildman–Crippen MR) is 70.8 cm³/mol. The van der Waals surface area contributed by atoms with Gasteiger partial charge in [-0.3, -0.25) is 0 Å². The molecule has 0 aliphatic rings. The van der Waals surface area contributed by atoms with Crippen molar-refractivity contribution in [1.29, 1.82) is 0 Å². The first-order valence-corrected chi connectivity index (χ1v) is 6.02. The second-order valence-electron chi connectivity index (χ2n) is 3.49. The van der Waals surface area contributed by atoms with Gasteiger partial charge < -0.3 is 5.11 Å². The van der Waals surface area contributed by atoms with E-state index in [9.17, 15) is 4.79 Å². The zero-order chi connectivity index (χ0) is 11.7. The third-order valence-electron chi connectivity index (χ3n) is 2.46. The van der Waals surface area contributed by atoms with E-state index in [1.807, 2.05) is 25.1 Å². The standard InChI is InChI=1S/C12H10INO2/c1-2-7-5-11(12(15)16)14-10-6-8(13)3-4-9(7)10/h3-6H,2H2,1H3,(H,15,16). The Hall–Kier alpha value is -1.17. The monoisotopic (exact) mass is 327 g/mol. The minimum Gasteiger partial charge on any atom is -0.477 e. The highest BCUT2D eigenvalue weighted by Gasteiger charge is 2.09. The lowest BCUT2D eigenvalue weighted by Crippen LogP contribution is -2.02. The molecule has 1 aromatic heterocycles. The summed E-state index contributed by atoms with van der Waals surface area (Å²) in [4.78, 5) is 15.1. The van der Waals surface area contributed by atoms with E-state index in [1.54, 1.807) is 6.07 Å². The molecule has 3 nitrogen and oxygen atoms in total. The van der Waals surface area contributed by atoms with Crippen LogP contribution in [0.4, 0.5) is 0 Å². The molecule has 0 aliphatic heterocycles. The van der Waals surface area contributed by atoms with Gasteiger partial charge in [-0.1, -0.05) is 13.0 Å². The Morgan fingerprint density at radius 2 is 2.19 bits per heavy atom. The molecule has 2 rings (SSSR count). The third-order valence-corrected chi connectivity index (χ3v) is 3.13. The number of hydrogen-bond donors (Lipinski definition) is 1. The first-order chi connectivity index (χ1) is 7.61. The van der Waals surface area contributed by atoms with E-state index in [-0.39, 0.29) is 5.69 Å². The van der Waals surface area contributed by atoms with Crippen LogP contribution in [0.1, 0.15) is 23.0 Å². The Morgan fingerprint density at radius 3 is 2.81 bits per heavy atom. The van der Waals surface area contributed by atoms with Crippen molar-refractivity contribution >= 4 is 39.5 Å². The number of carboxylic acids is 1. The lowest BCUT2D eigenvalue weighted by atomic mass is 10.1. The number of nitrogens with zero attached hydrogens (tertiary/aromatic N) is 1. The maximum Gasteiger partial charge on any atom is 0.354 e. The fraction of sp³-hybridized carbons (Fsp3) is 0.167. The van der Waals surface area contributed by atoms with Crippen molar-refractivity contribution in [1.82, 2.24) is 4.98 Å². The molecule has 0 saturated heterocycles. The average molecular weight is 327 g/mol. The number of aryl methyl sites for hydroxylation is 1. The van der Waals surface area contributed by atoms with E-state index in [0.29, 0.717) is 0 Å². The summed E-state index contributed by atoms with van der Waals surface area (Å²) in [7, 11) is 0. The van der Waals surface area contributed by atoms with E-state index in [0.717, 1.165) is 26.5 Å². The normalized spacial score (nSPS) is 10.6. The maximum absolute atomic E-state index is 10.9. The van der Waals surface area contributed by atoms with Crippen molar-refractivity contribution < 1.29 is 9.90 Å². The highest BCUT2D eigenvalue weighted by molar-refractivity contribution is 14.1. The summed E-state index contributed by atoms with van der Waals surface area (Å²) in [5.41, 5.74) is 1.90. The molecule has 16 heavy (non-hydrogen) atoms. The highest BCUT2D eigenvalue weighted by atomic mass is 127. The zero-order valence-corrected chi connectivity index (χ0v) is 10.9. The molecule has 0 bridgehead atoms. The molecule has 2 aromatic rings. The quantitative estimate of drug-likeness (QED) is 0.863. The van der Waals surface area contributed by atoms with Crippen LogP contribution in [0.5, 0.6) is 0 Å². The number of carbonyl (C=O) groups is 1. The second-order valence-corrected chi connectivity index (χ2v) is 4.73. The van der Waals surface area contributed by atoms with Crippen molar-refractivity contribution in [2.24, 2.45) is 0 Å². The van der Waals surface area contributed by atoms with Crippen molar-refractivity contribution in [3.05, 3.63) is 39.1 Å². The Balaban J connectivity index is 2.78. The van der Waals surface area contributed by atoms with E-state index >= 15 is 0 Å². The predicted octanol–water partition coefficient (Wildman–Crippen LogP) is 3.10. The van der Waals surface area contributed by atoms with E-state index in [4.69, 9.17) is 5.11 Å². The van der Waals surface area contributed by atoms with Crippen molar-refractivity contribution in [3.63, 3.8) is 0 Å². The van der Waals surface area contributed by atoms with Crippen LogP contribution < -0.4 is 0 Å². The number of fused-ring (bicyclic) bond motifs is 1. The Morgan fingerprint density at radius 1 is 1.44 bits per heavy atom. The summed E-state index contributed by atoms with van der Waals surface area (Å²) in [6.45, 7) is 2.01. The van der Waals surface area contributed by atoms with Gasteiger partial charge in [-0.2, -0.15) is 0 Å². The number of aromatic nitrogens is 1. The van der Waals surface area contributed by atoms with Crippen LogP contribution in [0.25, 0.3) is 10.9 Å². The van der Waals surface area contributed by atoms with Crippen molar-refractivity contribution in [3.8, 4) is 0 Å². The van der Waals surface area contributed by atoms with Crippen LogP contribution >= 0.6 is 22.6 Å². The molecular weight excluding hydrogens is 317 g/mol. The van der Waals surface area contributed by atoms with Gasteiger partial charge in [-0.15, -0.1) is 0 Å². The second kappa shape index (κ2) is 4.37. The molecule has 0 atom stereocenters. The lowest BCUT2D eigenvalue weighted by molar-refractivity contribution is 0.0691. The van der Waals surface area contributed by atoms with Gasteiger partial charge in [0.05, 0.1) is 5.52 Å². The molecule has 82 valence electrons. The van der Waals surface area contributed by atoms with Gasteiger partial charge in [0.2, 0.25) is 0 Å². The Kier molecular flexibility index (Phi) is 3.09. The van der Waals surface area contributed by atoms with Crippen LogP contribution in [0.15, 0.2) is 24.3 Å². The smallest absolute Gasteiger partial charge is 0.354 e. The summed E-state index contributed by atoms with van der Waals surface area (Å²) in [6.07, 6.45) is 0.805. The van der Waals surface area contributed by atoms with E-state index in [2.05, 4.69) is 27.6 Å². The molecule has 0 fully saturated rings. The summed E-state index contributed by atoms with van der Waals surface area (Å²) < 4.78 is 1.06. The number of rotatable bonds is 2. The molecule has 1 aromatic carbocycles. The Bertz CT molecular complexity index is 566. The van der Waals surface area contributed by atoms with Gasteiger partial charge in [0.15, 0.2) is 0 Å². The zero-order valence-electron chi connectivity index (χ0n) is 8.70. The van der Waals surface area contributed by atoms with Crippen LogP contribution in [-0.2, 0) is 6.42 Å². The number of aromatic carboxylic acids is 1. The van der Waals surface area contributed by atoms with Crippen LogP contribution in [0.3, 0.4) is 0 Å². The average Bonchev–Trinajstić information content (AvgIpc) is 2.26. The molecule has 0 saturated carbocycles. The van der Waals surface area contributed by atoms with E-state index < -0.39 is 5.97 Å². The van der Waals surface area contributed by atoms with Gasteiger partial charge in [-0.05, 0) is 52.8 Å². The van der Waals surface area contributed by atoms with E-state index in [1.165, 1.54) is 0 Å². The van der Waals surface area contributed by atoms with Crippen LogP contribution in [-0.4, -0.2) is 16.1 Å². The van der Waals surface area contributed by atoms with Gasteiger partial charge >= 0.3 is 5.97 Å². The fourth-order valence-corrected chi connectivity index (χ4v) is 2.15. The van der Waals surface area contributed by atoms with Crippen LogP contribution in [0, 0.1) is 3.57 Å². The Labute approximate surface area is 107 Å². The summed E-state index contributed by atoms with van der Waals surface area (Å²) >= 11 is 2.19. The number of hydrogen-bond acceptors (Lipinski definition) is 2. The van der Waals surface area contributed by atoms with Gasteiger partial charge in [0, 0.05) is 8.96 Å². The number of pyridine rings is 1. The van der Waals surface area contributed by atoms with Gasteiger partial charge in [0.1, 0.15) is 5.69 Å². The molecule has 0 unspecified atom stereocenters. The highest BCUT2D eigenvalue weighted by Crippen LogP contribution is 2.21. The molecule has 1 N–H and O–H groups in total. The molecule has 0 radical (unpaired) electrons. The molecule has 0 aliphatic carbocycles. The van der Waals surface area contributed by atoms with Gasteiger partial charge in [-0.25, -0.2) is 9.78 Å². The largest absolute Gasteiger partial charge is 0.477 e. The molecular formula is C12H10INO2.